The number of nitrogens with one attached hydrogen (secondary N) is 1. The molecule has 3 atom stereocenters. The molecule has 0 saturated heterocycles. The smallest absolute Gasteiger partial charge is 0.311 e. The van der Waals surface area contributed by atoms with Crippen LogP contribution in [0.4, 0.5) is 0 Å². The molecule has 0 aromatic carbocycles. The molecule has 18 heavy (non-hydrogen) atoms. The summed E-state index contributed by atoms with van der Waals surface area (Å²) in [4.78, 5) is 23.3. The lowest BCUT2D eigenvalue weighted by Crippen LogP contribution is -2.48. The third kappa shape index (κ3) is 3.24. The number of aliphatic carboxylic acids is 1. The van der Waals surface area contributed by atoms with Crippen molar-refractivity contribution in [3.05, 3.63) is 0 Å². The highest BCUT2D eigenvalue weighted by atomic mass is 16.4. The second-order valence-corrected chi connectivity index (χ2v) is 5.72. The Bertz CT molecular complexity index is 316. The number of carboxylic acids is 1. The van der Waals surface area contributed by atoms with E-state index in [4.69, 9.17) is 0 Å². The van der Waals surface area contributed by atoms with Gasteiger partial charge in [0.1, 0.15) is 0 Å². The predicted octanol–water partition coefficient (Wildman–Crippen LogP) is 2.57. The number of carboxylic acid groups (broad SMARTS) is 1. The molecule has 1 amide bonds. The monoisotopic (exact) mass is 255 g/mol. The van der Waals surface area contributed by atoms with Crippen molar-refractivity contribution in [2.45, 2.75) is 65.3 Å². The first-order chi connectivity index (χ1) is 8.41. The van der Waals surface area contributed by atoms with Crippen LogP contribution in [-0.4, -0.2) is 23.0 Å². The molecule has 0 aliphatic heterocycles. The Kier molecular flexibility index (Phi) is 5.17. The average molecular weight is 255 g/mol. The van der Waals surface area contributed by atoms with E-state index >= 15 is 0 Å². The summed E-state index contributed by atoms with van der Waals surface area (Å²) in [7, 11) is 0. The molecule has 1 fully saturated rings. The lowest BCUT2D eigenvalue weighted by atomic mass is 9.84. The molecular formula is C14H25NO3. The van der Waals surface area contributed by atoms with Gasteiger partial charge in [-0.2, -0.15) is 0 Å². The van der Waals surface area contributed by atoms with E-state index in [1.807, 2.05) is 6.92 Å². The summed E-state index contributed by atoms with van der Waals surface area (Å²) in [5.74, 6) is -0.821. The van der Waals surface area contributed by atoms with E-state index in [1.54, 1.807) is 6.92 Å². The van der Waals surface area contributed by atoms with Crippen LogP contribution < -0.4 is 5.32 Å². The number of carbonyl (C=O) groups is 2. The van der Waals surface area contributed by atoms with Crippen LogP contribution >= 0.6 is 0 Å². The van der Waals surface area contributed by atoms with Crippen LogP contribution in [0.25, 0.3) is 0 Å². The van der Waals surface area contributed by atoms with Gasteiger partial charge in [-0.3, -0.25) is 9.59 Å². The molecule has 0 aromatic heterocycles. The third-order valence-electron chi connectivity index (χ3n) is 4.20. The Hall–Kier alpha value is -1.06. The number of amides is 1. The van der Waals surface area contributed by atoms with Gasteiger partial charge in [-0.15, -0.1) is 0 Å². The fraction of sp³-hybridized carbons (Fsp3) is 0.857. The molecule has 104 valence electrons. The predicted molar refractivity (Wildman–Crippen MR) is 70.2 cm³/mol. The summed E-state index contributed by atoms with van der Waals surface area (Å²) in [5, 5.41) is 12.2. The van der Waals surface area contributed by atoms with E-state index < -0.39 is 11.4 Å². The maximum absolute atomic E-state index is 12.0. The minimum Gasteiger partial charge on any atom is -0.481 e. The summed E-state index contributed by atoms with van der Waals surface area (Å²) in [5.41, 5.74) is -0.792. The SMILES string of the molecule is CCCCC(C)C(=O)NC1CCCC1(C)C(=O)O. The number of hydrogen-bond donors (Lipinski definition) is 2. The van der Waals surface area contributed by atoms with Gasteiger partial charge in [0.25, 0.3) is 0 Å². The van der Waals surface area contributed by atoms with Gasteiger partial charge in [-0.1, -0.05) is 33.1 Å². The Balaban J connectivity index is 2.56. The van der Waals surface area contributed by atoms with Crippen molar-refractivity contribution in [2.75, 3.05) is 0 Å². The van der Waals surface area contributed by atoms with Crippen molar-refractivity contribution < 1.29 is 14.7 Å². The largest absolute Gasteiger partial charge is 0.481 e. The zero-order valence-electron chi connectivity index (χ0n) is 11.7. The normalized spacial score (nSPS) is 28.9. The highest BCUT2D eigenvalue weighted by Gasteiger charge is 2.46. The first-order valence-electron chi connectivity index (χ1n) is 6.95. The molecule has 0 heterocycles. The quantitative estimate of drug-likeness (QED) is 0.766. The fourth-order valence-corrected chi connectivity index (χ4v) is 2.61. The minimum absolute atomic E-state index is 0.00262. The van der Waals surface area contributed by atoms with E-state index in [1.165, 1.54) is 0 Å². The molecule has 1 saturated carbocycles. The maximum atomic E-state index is 12.0. The standard InChI is InChI=1S/C14H25NO3/c1-4-5-7-10(2)12(16)15-11-8-6-9-14(11,3)13(17)18/h10-11H,4-9H2,1-3H3,(H,15,16)(H,17,18). The van der Waals surface area contributed by atoms with E-state index in [-0.39, 0.29) is 17.9 Å². The summed E-state index contributed by atoms with van der Waals surface area (Å²) in [6.07, 6.45) is 5.28. The summed E-state index contributed by atoms with van der Waals surface area (Å²) < 4.78 is 0. The highest BCUT2D eigenvalue weighted by Crippen LogP contribution is 2.38. The molecule has 2 N–H and O–H groups in total. The van der Waals surface area contributed by atoms with Crippen molar-refractivity contribution in [3.63, 3.8) is 0 Å². The molecule has 1 aliphatic carbocycles. The van der Waals surface area contributed by atoms with Crippen molar-refractivity contribution in [1.82, 2.24) is 5.32 Å². The summed E-state index contributed by atoms with van der Waals surface area (Å²) in [6.45, 7) is 5.76. The third-order valence-corrected chi connectivity index (χ3v) is 4.20. The van der Waals surface area contributed by atoms with E-state index in [2.05, 4.69) is 12.2 Å². The molecule has 0 radical (unpaired) electrons. The Morgan fingerprint density at radius 3 is 2.72 bits per heavy atom. The van der Waals surface area contributed by atoms with Gasteiger partial charge < -0.3 is 10.4 Å². The van der Waals surface area contributed by atoms with Crippen LogP contribution in [0.15, 0.2) is 0 Å². The van der Waals surface area contributed by atoms with Crippen LogP contribution in [0, 0.1) is 11.3 Å². The van der Waals surface area contributed by atoms with E-state index in [0.717, 1.165) is 32.1 Å². The second-order valence-electron chi connectivity index (χ2n) is 5.72. The number of hydrogen-bond acceptors (Lipinski definition) is 2. The molecule has 4 heteroatoms. The molecule has 4 nitrogen and oxygen atoms in total. The fourth-order valence-electron chi connectivity index (χ4n) is 2.61. The first kappa shape index (κ1) is 15.0. The zero-order chi connectivity index (χ0) is 13.8. The van der Waals surface area contributed by atoms with Gasteiger partial charge in [0.05, 0.1) is 5.41 Å². The Labute approximate surface area is 109 Å². The van der Waals surface area contributed by atoms with Crippen molar-refractivity contribution >= 4 is 11.9 Å². The highest BCUT2D eigenvalue weighted by molar-refractivity contribution is 5.81. The van der Waals surface area contributed by atoms with E-state index in [9.17, 15) is 14.7 Å². The number of unbranched alkanes of at least 4 members (excludes halogenated alkanes) is 1. The molecule has 0 bridgehead atoms. The van der Waals surface area contributed by atoms with Crippen LogP contribution in [-0.2, 0) is 9.59 Å². The molecule has 3 unspecified atom stereocenters. The maximum Gasteiger partial charge on any atom is 0.311 e. The number of carbonyl (C=O) groups excluding carboxylic acids is 1. The van der Waals surface area contributed by atoms with Gasteiger partial charge in [0, 0.05) is 12.0 Å². The average Bonchev–Trinajstić information content (AvgIpc) is 2.69. The zero-order valence-corrected chi connectivity index (χ0v) is 11.7. The molecule has 0 aromatic rings. The Morgan fingerprint density at radius 2 is 2.17 bits per heavy atom. The molecule has 0 spiro atoms. The van der Waals surface area contributed by atoms with Crippen molar-refractivity contribution in [1.29, 1.82) is 0 Å². The van der Waals surface area contributed by atoms with E-state index in [0.29, 0.717) is 6.42 Å². The van der Waals surface area contributed by atoms with Crippen LogP contribution in [0.1, 0.15) is 59.3 Å². The van der Waals surface area contributed by atoms with Crippen LogP contribution in [0.5, 0.6) is 0 Å². The first-order valence-corrected chi connectivity index (χ1v) is 6.95. The molecular weight excluding hydrogens is 230 g/mol. The van der Waals surface area contributed by atoms with Gasteiger partial charge >= 0.3 is 5.97 Å². The Morgan fingerprint density at radius 1 is 1.50 bits per heavy atom. The van der Waals surface area contributed by atoms with Crippen LogP contribution in [0.3, 0.4) is 0 Å². The second kappa shape index (κ2) is 6.21. The molecule has 1 rings (SSSR count). The van der Waals surface area contributed by atoms with Crippen LogP contribution in [0.2, 0.25) is 0 Å². The van der Waals surface area contributed by atoms with Gasteiger partial charge in [0.15, 0.2) is 0 Å². The lowest BCUT2D eigenvalue weighted by Gasteiger charge is -2.28. The van der Waals surface area contributed by atoms with Gasteiger partial charge in [-0.25, -0.2) is 0 Å². The van der Waals surface area contributed by atoms with Gasteiger partial charge in [0.2, 0.25) is 5.91 Å². The lowest BCUT2D eigenvalue weighted by molar-refractivity contribution is -0.149. The number of rotatable bonds is 6. The summed E-state index contributed by atoms with van der Waals surface area (Å²) in [6, 6.07) is -0.216. The molecule has 1 aliphatic rings. The van der Waals surface area contributed by atoms with Crippen molar-refractivity contribution in [2.24, 2.45) is 11.3 Å². The minimum atomic E-state index is -0.800. The summed E-state index contributed by atoms with van der Waals surface area (Å²) >= 11 is 0. The topological polar surface area (TPSA) is 66.4 Å². The van der Waals surface area contributed by atoms with Gasteiger partial charge in [-0.05, 0) is 26.2 Å². The van der Waals surface area contributed by atoms with Crippen molar-refractivity contribution in [3.8, 4) is 0 Å².